The first-order valence-electron chi connectivity index (χ1n) is 2.53. The van der Waals surface area contributed by atoms with Gasteiger partial charge in [0, 0.05) is 5.30 Å². The molecule has 2 N–H and O–H groups in total. The van der Waals surface area contributed by atoms with Gasteiger partial charge in [0.2, 0.25) is 0 Å². The van der Waals surface area contributed by atoms with Gasteiger partial charge in [-0.25, -0.2) is 0 Å². The molecule has 50 valence electrons. The van der Waals surface area contributed by atoms with Crippen LogP contribution in [-0.4, -0.2) is 28.6 Å². The van der Waals surface area contributed by atoms with Gasteiger partial charge in [-0.2, -0.15) is 0 Å². The van der Waals surface area contributed by atoms with E-state index in [4.69, 9.17) is 9.79 Å². The Balaban J connectivity index is 0.000000810. The summed E-state index contributed by atoms with van der Waals surface area (Å²) in [5.74, 6) is 0. The topological polar surface area (TPSA) is 40.5 Å². The fourth-order valence-electron chi connectivity index (χ4n) is 0.561. The van der Waals surface area contributed by atoms with E-state index < -0.39 is 8.38 Å². The maximum absolute atomic E-state index is 8.64. The van der Waals surface area contributed by atoms with Crippen molar-refractivity contribution >= 4 is 32.5 Å². The van der Waals surface area contributed by atoms with Crippen LogP contribution in [0.2, 0.25) is 0 Å². The Kier molecular flexibility index (Phi) is 4.99. The molecule has 0 radical (unpaired) electrons. The second kappa shape index (κ2) is 4.90. The third-order valence-electron chi connectivity index (χ3n) is 0.987. The molecular weight excluding hydrogens is 142 g/mol. The second-order valence-corrected chi connectivity index (χ2v) is 2.72. The van der Waals surface area contributed by atoms with Crippen molar-refractivity contribution in [3.05, 3.63) is 30.3 Å². The van der Waals surface area contributed by atoms with Crippen LogP contribution in [0.5, 0.6) is 0 Å². The van der Waals surface area contributed by atoms with E-state index in [1.165, 1.54) is 0 Å². The van der Waals surface area contributed by atoms with Crippen molar-refractivity contribution in [2.45, 2.75) is 0 Å². The fraction of sp³-hybridized carbons (Fsp3) is 0. The Hall–Kier alpha value is 0.167. The van der Waals surface area contributed by atoms with Crippen LogP contribution in [0.25, 0.3) is 0 Å². The van der Waals surface area contributed by atoms with Crippen LogP contribution in [-0.2, 0) is 0 Å². The van der Waals surface area contributed by atoms with E-state index in [1.54, 1.807) is 24.3 Å². The summed E-state index contributed by atoms with van der Waals surface area (Å²) >= 11 is 0. The maximum atomic E-state index is 8.64. The molecule has 1 aromatic rings. The van der Waals surface area contributed by atoms with Gasteiger partial charge < -0.3 is 9.79 Å². The van der Waals surface area contributed by atoms with Crippen LogP contribution >= 0.6 is 8.38 Å². The Morgan fingerprint density at radius 1 is 1.00 bits per heavy atom. The van der Waals surface area contributed by atoms with E-state index in [1.807, 2.05) is 6.07 Å². The summed E-state index contributed by atoms with van der Waals surface area (Å²) in [5.41, 5.74) is 0. The first kappa shape index (κ1) is 10.2. The van der Waals surface area contributed by atoms with E-state index in [0.717, 1.165) is 0 Å². The van der Waals surface area contributed by atoms with Crippen LogP contribution in [0, 0.1) is 0 Å². The molecule has 0 heterocycles. The summed E-state index contributed by atoms with van der Waals surface area (Å²) < 4.78 is 0. The van der Waals surface area contributed by atoms with Crippen LogP contribution in [0.4, 0.5) is 0 Å². The normalized spacial score (nSPS) is 9.10. The van der Waals surface area contributed by atoms with Gasteiger partial charge in [-0.3, -0.25) is 0 Å². The van der Waals surface area contributed by atoms with E-state index in [-0.39, 0.29) is 18.9 Å². The summed E-state index contributed by atoms with van der Waals surface area (Å²) in [6.07, 6.45) is 0. The van der Waals surface area contributed by atoms with E-state index in [2.05, 4.69) is 0 Å². The van der Waals surface area contributed by atoms with Crippen molar-refractivity contribution in [3.8, 4) is 0 Å². The SMILES string of the molecule is OP(O)c1ccccc1.[LiH]. The number of benzene rings is 1. The molecule has 0 aromatic heterocycles. The van der Waals surface area contributed by atoms with Gasteiger partial charge in [0.15, 0.2) is 8.38 Å². The molecule has 4 heteroatoms. The van der Waals surface area contributed by atoms with Crippen LogP contribution in [0.1, 0.15) is 0 Å². The summed E-state index contributed by atoms with van der Waals surface area (Å²) in [4.78, 5) is 17.3. The van der Waals surface area contributed by atoms with Crippen molar-refractivity contribution in [1.29, 1.82) is 0 Å². The number of hydrogen-bond donors (Lipinski definition) is 2. The molecule has 0 spiro atoms. The van der Waals surface area contributed by atoms with Gasteiger partial charge in [0.1, 0.15) is 0 Å². The van der Waals surface area contributed by atoms with Crippen molar-refractivity contribution < 1.29 is 9.79 Å². The monoisotopic (exact) mass is 150 g/mol. The summed E-state index contributed by atoms with van der Waals surface area (Å²) in [6.45, 7) is 0. The molecule has 0 atom stereocenters. The van der Waals surface area contributed by atoms with E-state index in [9.17, 15) is 0 Å². The molecule has 0 aliphatic heterocycles. The van der Waals surface area contributed by atoms with Crippen molar-refractivity contribution in [2.75, 3.05) is 0 Å². The first-order chi connectivity index (χ1) is 4.30. The zero-order chi connectivity index (χ0) is 6.69. The zero-order valence-electron chi connectivity index (χ0n) is 4.73. The molecule has 0 saturated carbocycles. The quantitative estimate of drug-likeness (QED) is 0.435. The van der Waals surface area contributed by atoms with Crippen LogP contribution < -0.4 is 5.30 Å². The van der Waals surface area contributed by atoms with Gasteiger partial charge in [-0.15, -0.1) is 0 Å². The van der Waals surface area contributed by atoms with Gasteiger partial charge in [0.25, 0.3) is 0 Å². The van der Waals surface area contributed by atoms with Gasteiger partial charge >= 0.3 is 18.9 Å². The third kappa shape index (κ3) is 2.83. The van der Waals surface area contributed by atoms with E-state index in [0.29, 0.717) is 5.30 Å². The van der Waals surface area contributed by atoms with Gasteiger partial charge in [-0.1, -0.05) is 18.2 Å². The predicted octanol–water partition coefficient (Wildman–Crippen LogP) is -0.0401. The average Bonchev–Trinajstić information content (AvgIpc) is 1.90. The average molecular weight is 150 g/mol. The van der Waals surface area contributed by atoms with E-state index >= 15 is 0 Å². The molecule has 1 rings (SSSR count). The van der Waals surface area contributed by atoms with Crippen LogP contribution in [0.3, 0.4) is 0 Å². The Bertz CT molecular complexity index is 178. The Morgan fingerprint density at radius 2 is 1.50 bits per heavy atom. The zero-order valence-corrected chi connectivity index (χ0v) is 5.62. The minimum atomic E-state index is -1.90. The number of hydrogen-bond acceptors (Lipinski definition) is 2. The molecule has 0 saturated heterocycles. The van der Waals surface area contributed by atoms with Crippen molar-refractivity contribution in [1.82, 2.24) is 0 Å². The van der Waals surface area contributed by atoms with Crippen molar-refractivity contribution in [2.24, 2.45) is 0 Å². The Labute approximate surface area is 73.0 Å². The van der Waals surface area contributed by atoms with Crippen molar-refractivity contribution in [3.63, 3.8) is 0 Å². The van der Waals surface area contributed by atoms with Gasteiger partial charge in [-0.05, 0) is 12.1 Å². The minimum absolute atomic E-state index is 0. The summed E-state index contributed by atoms with van der Waals surface area (Å²) in [6, 6.07) is 8.76. The first-order valence-corrected chi connectivity index (χ1v) is 3.78. The fourth-order valence-corrected chi connectivity index (χ4v) is 1.00. The molecule has 1 aromatic carbocycles. The Morgan fingerprint density at radius 3 is 1.80 bits per heavy atom. The molecule has 10 heavy (non-hydrogen) atoms. The summed E-state index contributed by atoms with van der Waals surface area (Å²) in [7, 11) is -1.90. The molecule has 2 nitrogen and oxygen atoms in total. The molecule has 0 unspecified atom stereocenters. The standard InChI is InChI=1S/C6H7O2P.Li.H/c7-9(8)6-4-2-1-3-5-6;;/h1-5,7-8H;;. The molecule has 0 aliphatic carbocycles. The van der Waals surface area contributed by atoms with Crippen LogP contribution in [0.15, 0.2) is 30.3 Å². The van der Waals surface area contributed by atoms with Gasteiger partial charge in [0.05, 0.1) is 0 Å². The molecule has 0 fully saturated rings. The molecule has 0 amide bonds. The molecule has 0 aliphatic rings. The predicted molar refractivity (Wildman–Crippen MR) is 44.6 cm³/mol. The third-order valence-corrected chi connectivity index (χ3v) is 1.75. The second-order valence-electron chi connectivity index (χ2n) is 1.62. The molecule has 0 bridgehead atoms. The summed E-state index contributed by atoms with van der Waals surface area (Å²) in [5, 5.41) is 0.590. The number of rotatable bonds is 1. The molecular formula is C6H8LiO2P.